The van der Waals surface area contributed by atoms with E-state index in [2.05, 4.69) is 24.5 Å². The van der Waals surface area contributed by atoms with E-state index in [1.807, 2.05) is 6.08 Å². The second kappa shape index (κ2) is 50.7. The number of carboxylic acids is 1. The first-order valence-corrected chi connectivity index (χ1v) is 36.6. The van der Waals surface area contributed by atoms with E-state index >= 15 is 0 Å². The zero-order chi connectivity index (χ0) is 68.2. The van der Waals surface area contributed by atoms with Gasteiger partial charge in [0.05, 0.1) is 50.7 Å². The highest BCUT2D eigenvalue weighted by Crippen LogP contribution is 2.39. The van der Waals surface area contributed by atoms with Gasteiger partial charge < -0.3 is 100 Å². The number of carbonyl (C=O) groups is 3. The van der Waals surface area contributed by atoms with Gasteiger partial charge in [0.25, 0.3) is 5.79 Å². The third-order valence-electron chi connectivity index (χ3n) is 18.7. The van der Waals surface area contributed by atoms with Gasteiger partial charge >= 0.3 is 5.97 Å². The van der Waals surface area contributed by atoms with Crippen molar-refractivity contribution in [3.8, 4) is 0 Å². The number of aliphatic carboxylic acids is 1. The zero-order valence-electron chi connectivity index (χ0n) is 57.1. The topological polar surface area (TPSA) is 373 Å². The molecule has 3 fully saturated rings. The summed E-state index contributed by atoms with van der Waals surface area (Å²) in [5.41, 5.74) is 0. The van der Waals surface area contributed by atoms with Gasteiger partial charge in [-0.2, -0.15) is 0 Å². The number of nitrogens with one attached hydrogen (secondary N) is 2. The standard InChI is InChI=1S/C70H130N2O21/c1-4-6-8-10-12-14-16-18-20-22-23-24-25-26-28-29-31-33-35-37-39-41-43-52(77)51(72-57(80)44-42-40-38-36-34-32-30-27-21-19-17-15-13-11-9-7-5-2)49-88-67-62(84)61(83)64(56(48-75)90-67)91-68-63(85)66(60(82)55(47-74)89-68)93-70(69(86)87)45-53(78)58(71-50(3)76)65(92-70)59(81)54(79)46-73/h41,43,51-56,58-68,73-75,77-79,81-85H,4-40,42,44-49H2,1-3H3,(H,71,76)(H,72,80)(H,86,87)/b43-41+. The Bertz CT molecular complexity index is 1930. The summed E-state index contributed by atoms with van der Waals surface area (Å²) < 4.78 is 34.8. The highest BCUT2D eigenvalue weighted by molar-refractivity contribution is 5.77. The molecule has 0 bridgehead atoms. The first kappa shape index (κ1) is 84.7. The van der Waals surface area contributed by atoms with Gasteiger partial charge in [0.2, 0.25) is 11.8 Å². The van der Waals surface area contributed by atoms with E-state index in [1.165, 1.54) is 186 Å². The van der Waals surface area contributed by atoms with Crippen LogP contribution in [0.1, 0.15) is 278 Å². The molecule has 23 heteroatoms. The maximum atomic E-state index is 13.5. The third-order valence-corrected chi connectivity index (χ3v) is 18.7. The molecule has 3 aliphatic rings. The van der Waals surface area contributed by atoms with Crippen LogP contribution in [0.5, 0.6) is 0 Å². The molecule has 93 heavy (non-hydrogen) atoms. The average Bonchev–Trinajstić information content (AvgIpc) is 0.765. The van der Waals surface area contributed by atoms with Crippen LogP contribution in [0, 0.1) is 0 Å². The van der Waals surface area contributed by atoms with Crippen LogP contribution in [0.4, 0.5) is 0 Å². The molecule has 23 nitrogen and oxygen atoms in total. The minimum absolute atomic E-state index is 0.205. The monoisotopic (exact) mass is 1330 g/mol. The van der Waals surface area contributed by atoms with Crippen LogP contribution in [-0.4, -0.2) is 215 Å². The van der Waals surface area contributed by atoms with E-state index in [-0.39, 0.29) is 12.3 Å². The van der Waals surface area contributed by atoms with E-state index in [0.717, 1.165) is 51.9 Å². The summed E-state index contributed by atoms with van der Waals surface area (Å²) in [7, 11) is 0. The molecule has 0 spiro atoms. The number of carbonyl (C=O) groups excluding carboxylic acids is 2. The predicted octanol–water partition coefficient (Wildman–Crippen LogP) is 7.46. The second-order valence-electron chi connectivity index (χ2n) is 26.8. The lowest BCUT2D eigenvalue weighted by Crippen LogP contribution is -2.70. The Morgan fingerprint density at radius 3 is 1.43 bits per heavy atom. The van der Waals surface area contributed by atoms with E-state index in [0.29, 0.717) is 12.8 Å². The zero-order valence-corrected chi connectivity index (χ0v) is 57.1. The number of amides is 2. The normalized spacial score (nSPS) is 28.1. The highest BCUT2D eigenvalue weighted by atomic mass is 16.8. The van der Waals surface area contributed by atoms with Crippen LogP contribution < -0.4 is 10.6 Å². The van der Waals surface area contributed by atoms with E-state index in [9.17, 15) is 75.7 Å². The molecule has 0 saturated carbocycles. The van der Waals surface area contributed by atoms with Gasteiger partial charge in [-0.3, -0.25) is 9.59 Å². The minimum Gasteiger partial charge on any atom is -0.477 e. The van der Waals surface area contributed by atoms with E-state index in [4.69, 9.17) is 28.4 Å². The predicted molar refractivity (Wildman–Crippen MR) is 352 cm³/mol. The lowest BCUT2D eigenvalue weighted by atomic mass is 9.88. The van der Waals surface area contributed by atoms with Crippen molar-refractivity contribution in [2.75, 3.05) is 26.4 Å². The van der Waals surface area contributed by atoms with Crippen molar-refractivity contribution in [1.29, 1.82) is 0 Å². The molecule has 0 aromatic rings. The van der Waals surface area contributed by atoms with E-state index in [1.54, 1.807) is 6.08 Å². The van der Waals surface area contributed by atoms with Crippen molar-refractivity contribution >= 4 is 17.8 Å². The van der Waals surface area contributed by atoms with Gasteiger partial charge in [0, 0.05) is 19.8 Å². The number of unbranched alkanes of at least 4 members (excludes halogenated alkanes) is 36. The van der Waals surface area contributed by atoms with Crippen LogP contribution in [0.25, 0.3) is 0 Å². The number of ether oxygens (including phenoxy) is 6. The molecule has 3 rings (SSSR count). The maximum Gasteiger partial charge on any atom is 0.364 e. The number of hydrogen-bond donors (Lipinski definition) is 14. The van der Waals surface area contributed by atoms with Gasteiger partial charge in [-0.15, -0.1) is 0 Å². The van der Waals surface area contributed by atoms with Crippen LogP contribution in [0.15, 0.2) is 12.2 Å². The van der Waals surface area contributed by atoms with Crippen molar-refractivity contribution in [3.63, 3.8) is 0 Å². The average molecular weight is 1340 g/mol. The number of allylic oxidation sites excluding steroid dienone is 1. The first-order valence-electron chi connectivity index (χ1n) is 36.6. The van der Waals surface area contributed by atoms with Gasteiger partial charge in [-0.1, -0.05) is 251 Å². The molecule has 3 heterocycles. The number of carboxylic acid groups (broad SMARTS) is 1. The van der Waals surface area contributed by atoms with Crippen LogP contribution >= 0.6 is 0 Å². The summed E-state index contributed by atoms with van der Waals surface area (Å²) in [5, 5.41) is 136. The fraction of sp³-hybridized carbons (Fsp3) is 0.929. The number of rotatable bonds is 56. The van der Waals surface area contributed by atoms with Crippen LogP contribution in [-0.2, 0) is 42.8 Å². The van der Waals surface area contributed by atoms with Crippen molar-refractivity contribution in [2.45, 2.75) is 387 Å². The SMILES string of the molecule is CCCCCCCCCCCCCCCCCCCCCC/C=C/C(O)C(COC1OC(CO)C(OC2OC(CO)C(O)C(OC3(C(=O)O)CC(O)C(NC(C)=O)C(C(O)C(O)CO)O3)C2O)C(O)C1O)NC(=O)CCCCCCCCCCCCCCCCCCC. The molecule has 14 N–H and O–H groups in total. The van der Waals surface area contributed by atoms with Crippen molar-refractivity contribution in [2.24, 2.45) is 0 Å². The summed E-state index contributed by atoms with van der Waals surface area (Å²) in [6, 6.07) is -2.61. The van der Waals surface area contributed by atoms with Crippen molar-refractivity contribution in [1.82, 2.24) is 10.6 Å². The summed E-state index contributed by atoms with van der Waals surface area (Å²) in [6.45, 7) is 2.17. The fourth-order valence-electron chi connectivity index (χ4n) is 12.9. The maximum absolute atomic E-state index is 13.5. The van der Waals surface area contributed by atoms with Crippen molar-refractivity contribution in [3.05, 3.63) is 12.2 Å². The Hall–Kier alpha value is -2.53. The molecular weight excluding hydrogens is 1200 g/mol. The van der Waals surface area contributed by atoms with Gasteiger partial charge in [-0.05, 0) is 19.3 Å². The minimum atomic E-state index is -3.08. The van der Waals surface area contributed by atoms with Crippen LogP contribution in [0.2, 0.25) is 0 Å². The lowest BCUT2D eigenvalue weighted by molar-refractivity contribution is -0.386. The molecule has 2 amide bonds. The molecule has 3 aliphatic heterocycles. The fourth-order valence-corrected chi connectivity index (χ4v) is 12.9. The molecule has 0 aromatic carbocycles. The summed E-state index contributed by atoms with van der Waals surface area (Å²) in [4.78, 5) is 38.6. The number of aliphatic hydroxyl groups excluding tert-OH is 11. The third kappa shape index (κ3) is 32.8. The Labute approximate surface area is 556 Å². The summed E-state index contributed by atoms with van der Waals surface area (Å²) >= 11 is 0. The van der Waals surface area contributed by atoms with E-state index < -0.39 is 155 Å². The van der Waals surface area contributed by atoms with Crippen LogP contribution in [0.3, 0.4) is 0 Å². The largest absolute Gasteiger partial charge is 0.477 e. The Balaban J connectivity index is 1.58. The molecule has 0 aliphatic carbocycles. The molecule has 3 saturated heterocycles. The molecule has 0 radical (unpaired) electrons. The molecular formula is C70H130N2O21. The molecule has 18 unspecified atom stereocenters. The lowest BCUT2D eigenvalue weighted by Gasteiger charge is -2.50. The molecule has 0 aromatic heterocycles. The van der Waals surface area contributed by atoms with Crippen molar-refractivity contribution < 1.29 is 104 Å². The highest BCUT2D eigenvalue weighted by Gasteiger charge is 2.60. The smallest absolute Gasteiger partial charge is 0.364 e. The van der Waals surface area contributed by atoms with Gasteiger partial charge in [0.15, 0.2) is 12.6 Å². The number of aliphatic hydroxyl groups is 11. The van der Waals surface area contributed by atoms with Gasteiger partial charge in [0.1, 0.15) is 67.1 Å². The quantitative estimate of drug-likeness (QED) is 0.0207. The second-order valence-corrected chi connectivity index (χ2v) is 26.8. The molecule has 546 valence electrons. The summed E-state index contributed by atoms with van der Waals surface area (Å²) in [6.07, 6.45) is 21.0. The molecule has 18 atom stereocenters. The summed E-state index contributed by atoms with van der Waals surface area (Å²) in [5.74, 6) is -6.13. The Morgan fingerprint density at radius 2 is 1.00 bits per heavy atom. The first-order chi connectivity index (χ1) is 44.9. The Kier molecular flexibility index (Phi) is 46.2. The number of hydrogen-bond acceptors (Lipinski definition) is 20. The van der Waals surface area contributed by atoms with Gasteiger partial charge in [-0.25, -0.2) is 4.79 Å². The Morgan fingerprint density at radius 1 is 0.559 bits per heavy atom.